The van der Waals surface area contributed by atoms with Crippen LogP contribution in [0.1, 0.15) is 96.5 Å². The van der Waals surface area contributed by atoms with Gasteiger partial charge in [-0.25, -0.2) is 0 Å². The summed E-state index contributed by atoms with van der Waals surface area (Å²) in [6.07, 6.45) is 15.8. The maximum absolute atomic E-state index is 9.98. The Kier molecular flexibility index (Phi) is 11.3. The van der Waals surface area contributed by atoms with E-state index in [1.807, 2.05) is 6.92 Å². The number of aliphatic hydroxyl groups excluding tert-OH is 1. The Bertz CT molecular complexity index is 541. The van der Waals surface area contributed by atoms with E-state index in [9.17, 15) is 5.11 Å². The molecule has 1 aromatic rings. The maximum Gasteiger partial charge on any atom is 0.0998 e. The van der Waals surface area contributed by atoms with Gasteiger partial charge in [0.1, 0.15) is 0 Å². The fourth-order valence-corrected chi connectivity index (χ4v) is 4.04. The molecule has 0 amide bonds. The lowest BCUT2D eigenvalue weighted by atomic mass is 10.0. The molecule has 1 N–H and O–H groups in total. The summed E-state index contributed by atoms with van der Waals surface area (Å²) >= 11 is 0. The van der Waals surface area contributed by atoms with Gasteiger partial charge >= 0.3 is 0 Å². The summed E-state index contributed by atoms with van der Waals surface area (Å²) in [4.78, 5) is 7.22. The zero-order valence-electron chi connectivity index (χ0n) is 18.3. The number of aliphatic imine (C=N–C) groups is 1. The number of hydrogen-bond acceptors (Lipinski definition) is 3. The smallest absolute Gasteiger partial charge is 0.0998 e. The van der Waals surface area contributed by atoms with Crippen LogP contribution >= 0.6 is 0 Å². The second kappa shape index (κ2) is 13.8. The molecule has 1 heterocycles. The molecule has 0 aliphatic carbocycles. The molecule has 2 unspecified atom stereocenters. The van der Waals surface area contributed by atoms with Crippen molar-refractivity contribution < 1.29 is 5.11 Å². The van der Waals surface area contributed by atoms with Crippen LogP contribution in [-0.2, 0) is 6.54 Å². The third kappa shape index (κ3) is 8.77. The third-order valence-corrected chi connectivity index (χ3v) is 5.86. The average Bonchev–Trinajstić information content (AvgIpc) is 3.10. The molecule has 0 saturated carbocycles. The summed E-state index contributed by atoms with van der Waals surface area (Å²) in [5.41, 5.74) is 1.32. The highest BCUT2D eigenvalue weighted by Crippen LogP contribution is 2.20. The SMILES string of the molecule is CCCCCCCCCCCCCC1=NC(C(C)O)CN1Cc1ccccc1. The van der Waals surface area contributed by atoms with Crippen LogP contribution in [0, 0.1) is 0 Å². The summed E-state index contributed by atoms with van der Waals surface area (Å²) in [5.74, 6) is 1.20. The summed E-state index contributed by atoms with van der Waals surface area (Å²) in [6.45, 7) is 5.89. The lowest BCUT2D eigenvalue weighted by Crippen LogP contribution is -2.32. The predicted octanol–water partition coefficient (Wildman–Crippen LogP) is 6.35. The second-order valence-corrected chi connectivity index (χ2v) is 8.50. The summed E-state index contributed by atoms with van der Waals surface area (Å²) in [6, 6.07) is 10.6. The fraction of sp³-hybridized carbons (Fsp3) is 0.720. The lowest BCUT2D eigenvalue weighted by molar-refractivity contribution is 0.159. The molecule has 3 heteroatoms. The van der Waals surface area contributed by atoms with E-state index in [-0.39, 0.29) is 12.1 Å². The average molecular weight is 387 g/mol. The van der Waals surface area contributed by atoms with Crippen LogP contribution < -0.4 is 0 Å². The van der Waals surface area contributed by atoms with Crippen LogP contribution in [0.25, 0.3) is 0 Å². The van der Waals surface area contributed by atoms with Crippen molar-refractivity contribution in [2.75, 3.05) is 6.54 Å². The topological polar surface area (TPSA) is 35.8 Å². The Morgan fingerprint density at radius 3 is 2.07 bits per heavy atom. The third-order valence-electron chi connectivity index (χ3n) is 5.86. The van der Waals surface area contributed by atoms with Gasteiger partial charge < -0.3 is 10.0 Å². The fourth-order valence-electron chi connectivity index (χ4n) is 4.04. The molecule has 0 radical (unpaired) electrons. The van der Waals surface area contributed by atoms with E-state index in [0.717, 1.165) is 19.5 Å². The summed E-state index contributed by atoms with van der Waals surface area (Å²) in [5, 5.41) is 9.98. The molecule has 2 atom stereocenters. The molecule has 158 valence electrons. The first-order valence-electron chi connectivity index (χ1n) is 11.7. The van der Waals surface area contributed by atoms with Crippen LogP contribution in [0.15, 0.2) is 35.3 Å². The van der Waals surface area contributed by atoms with E-state index in [2.05, 4.69) is 42.2 Å². The molecule has 0 saturated heterocycles. The Labute approximate surface area is 173 Å². The van der Waals surface area contributed by atoms with Gasteiger partial charge in [0.05, 0.1) is 18.0 Å². The van der Waals surface area contributed by atoms with Gasteiger partial charge in [-0.05, 0) is 18.9 Å². The van der Waals surface area contributed by atoms with Gasteiger partial charge in [-0.2, -0.15) is 0 Å². The van der Waals surface area contributed by atoms with E-state index in [1.54, 1.807) is 0 Å². The van der Waals surface area contributed by atoms with E-state index in [0.29, 0.717) is 0 Å². The molecule has 0 spiro atoms. The van der Waals surface area contributed by atoms with Crippen LogP contribution in [-0.4, -0.2) is 34.5 Å². The number of aliphatic hydroxyl groups is 1. The highest BCUT2D eigenvalue weighted by molar-refractivity contribution is 5.84. The number of amidine groups is 1. The summed E-state index contributed by atoms with van der Waals surface area (Å²) < 4.78 is 0. The Morgan fingerprint density at radius 1 is 0.929 bits per heavy atom. The van der Waals surface area contributed by atoms with Crippen molar-refractivity contribution in [3.63, 3.8) is 0 Å². The second-order valence-electron chi connectivity index (χ2n) is 8.50. The Balaban J connectivity index is 1.62. The first-order valence-corrected chi connectivity index (χ1v) is 11.7. The first-order chi connectivity index (χ1) is 13.7. The first kappa shape index (κ1) is 22.9. The maximum atomic E-state index is 9.98. The van der Waals surface area contributed by atoms with Crippen molar-refractivity contribution in [3.8, 4) is 0 Å². The number of unbranched alkanes of at least 4 members (excludes halogenated alkanes) is 10. The predicted molar refractivity (Wildman–Crippen MR) is 121 cm³/mol. The normalized spacial score (nSPS) is 17.8. The Morgan fingerprint density at radius 2 is 1.50 bits per heavy atom. The number of hydrogen-bond donors (Lipinski definition) is 1. The lowest BCUT2D eigenvalue weighted by Gasteiger charge is -2.22. The number of benzene rings is 1. The van der Waals surface area contributed by atoms with Crippen molar-refractivity contribution in [2.45, 2.75) is 110 Å². The van der Waals surface area contributed by atoms with E-state index in [4.69, 9.17) is 4.99 Å². The molecule has 2 rings (SSSR count). The quantitative estimate of drug-likeness (QED) is 0.356. The van der Waals surface area contributed by atoms with Crippen molar-refractivity contribution in [1.82, 2.24) is 4.90 Å². The molecular weight excluding hydrogens is 344 g/mol. The van der Waals surface area contributed by atoms with Gasteiger partial charge in [0, 0.05) is 19.5 Å². The van der Waals surface area contributed by atoms with Crippen LogP contribution in [0.4, 0.5) is 0 Å². The van der Waals surface area contributed by atoms with Crippen molar-refractivity contribution in [2.24, 2.45) is 4.99 Å². The molecule has 1 aromatic carbocycles. The van der Waals surface area contributed by atoms with Gasteiger partial charge in [0.15, 0.2) is 0 Å². The summed E-state index contributed by atoms with van der Waals surface area (Å²) in [7, 11) is 0. The molecule has 0 bridgehead atoms. The molecular formula is C25H42N2O. The van der Waals surface area contributed by atoms with Gasteiger partial charge in [-0.15, -0.1) is 0 Å². The molecule has 3 nitrogen and oxygen atoms in total. The van der Waals surface area contributed by atoms with E-state index < -0.39 is 0 Å². The van der Waals surface area contributed by atoms with Crippen molar-refractivity contribution >= 4 is 5.84 Å². The minimum absolute atomic E-state index is 0.0337. The zero-order chi connectivity index (χ0) is 20.0. The van der Waals surface area contributed by atoms with Gasteiger partial charge in [0.25, 0.3) is 0 Å². The minimum Gasteiger partial charge on any atom is -0.391 e. The van der Waals surface area contributed by atoms with Crippen molar-refractivity contribution in [3.05, 3.63) is 35.9 Å². The largest absolute Gasteiger partial charge is 0.391 e. The van der Waals surface area contributed by atoms with Gasteiger partial charge in [0.2, 0.25) is 0 Å². The zero-order valence-corrected chi connectivity index (χ0v) is 18.3. The monoisotopic (exact) mass is 386 g/mol. The molecule has 1 aliphatic heterocycles. The molecule has 28 heavy (non-hydrogen) atoms. The van der Waals surface area contributed by atoms with Crippen LogP contribution in [0.5, 0.6) is 0 Å². The van der Waals surface area contributed by atoms with Gasteiger partial charge in [-0.3, -0.25) is 4.99 Å². The Hall–Kier alpha value is -1.35. The standard InChI is InChI=1S/C25H42N2O/c1-3-4-5-6-7-8-9-10-11-12-16-19-25-26-24(22(2)28)21-27(25)20-23-17-14-13-15-18-23/h13-15,17-18,22,24,28H,3-12,16,19-21H2,1-2H3. The number of rotatable bonds is 15. The molecule has 0 fully saturated rings. The van der Waals surface area contributed by atoms with Crippen LogP contribution in [0.2, 0.25) is 0 Å². The van der Waals surface area contributed by atoms with Crippen LogP contribution in [0.3, 0.4) is 0 Å². The van der Waals surface area contributed by atoms with E-state index >= 15 is 0 Å². The van der Waals surface area contributed by atoms with E-state index in [1.165, 1.54) is 82.0 Å². The minimum atomic E-state index is -0.368. The highest BCUT2D eigenvalue weighted by Gasteiger charge is 2.27. The highest BCUT2D eigenvalue weighted by atomic mass is 16.3. The van der Waals surface area contributed by atoms with Crippen molar-refractivity contribution in [1.29, 1.82) is 0 Å². The molecule has 0 aromatic heterocycles. The number of nitrogens with zero attached hydrogens (tertiary/aromatic N) is 2. The molecule has 1 aliphatic rings. The van der Waals surface area contributed by atoms with Gasteiger partial charge in [-0.1, -0.05) is 101 Å².